The molecule has 1 fully saturated rings. The van der Waals surface area contributed by atoms with Crippen LogP contribution in [0.5, 0.6) is 11.5 Å². The molecule has 1 saturated heterocycles. The quantitative estimate of drug-likeness (QED) is 0.589. The number of carbonyl (C=O) groups excluding carboxylic acids is 1. The summed E-state index contributed by atoms with van der Waals surface area (Å²) in [7, 11) is 0. The predicted molar refractivity (Wildman–Crippen MR) is 135 cm³/mol. The number of fused-ring (bicyclic) bond motifs is 1. The summed E-state index contributed by atoms with van der Waals surface area (Å²) < 4.78 is 6.00. The molecule has 33 heavy (non-hydrogen) atoms. The highest BCUT2D eigenvalue weighted by Crippen LogP contribution is 2.40. The average molecular weight is 495 g/mol. The molecule has 6 nitrogen and oxygen atoms in total. The van der Waals surface area contributed by atoms with Gasteiger partial charge in [0.25, 0.3) is 0 Å². The molecule has 0 atom stereocenters. The predicted octanol–water partition coefficient (Wildman–Crippen LogP) is 4.09. The number of hydrogen-bond acceptors (Lipinski definition) is 6. The molecule has 0 bridgehead atoms. The van der Waals surface area contributed by atoms with E-state index in [1.54, 1.807) is 18.2 Å². The van der Waals surface area contributed by atoms with E-state index in [2.05, 4.69) is 35.8 Å². The van der Waals surface area contributed by atoms with E-state index in [4.69, 9.17) is 9.84 Å². The van der Waals surface area contributed by atoms with Crippen molar-refractivity contribution in [3.05, 3.63) is 64.4 Å². The molecule has 0 aromatic heterocycles. The van der Waals surface area contributed by atoms with Gasteiger partial charge in [-0.25, -0.2) is 0 Å². The molecule has 0 radical (unpaired) electrons. The summed E-state index contributed by atoms with van der Waals surface area (Å²) in [5.74, 6) is 1.19. The van der Waals surface area contributed by atoms with Gasteiger partial charge in [-0.05, 0) is 35.3 Å². The van der Waals surface area contributed by atoms with Crippen molar-refractivity contribution in [2.45, 2.75) is 26.3 Å². The molecule has 0 aliphatic carbocycles. The number of aliphatic hydroxyl groups is 1. The Balaban J connectivity index is 0.00000193. The van der Waals surface area contributed by atoms with Crippen LogP contribution in [-0.4, -0.2) is 65.1 Å². The van der Waals surface area contributed by atoms with Crippen LogP contribution in [0.1, 0.15) is 46.8 Å². The molecule has 0 unspecified atom stereocenters. The number of allylic oxidation sites excluding steroid dienone is 1. The minimum atomic E-state index is -0.156. The van der Waals surface area contributed by atoms with Crippen molar-refractivity contribution in [3.63, 3.8) is 0 Å². The van der Waals surface area contributed by atoms with E-state index in [0.29, 0.717) is 35.9 Å². The van der Waals surface area contributed by atoms with Crippen LogP contribution in [0.3, 0.4) is 0 Å². The van der Waals surface area contributed by atoms with E-state index in [1.165, 1.54) is 5.56 Å². The highest BCUT2D eigenvalue weighted by atomic mass is 35.5. The normalized spacial score (nSPS) is 17.5. The molecule has 2 N–H and O–H groups in total. The number of benzene rings is 2. The zero-order chi connectivity index (χ0) is 22.0. The first-order valence-electron chi connectivity index (χ1n) is 10.9. The lowest BCUT2D eigenvalue weighted by molar-refractivity contribution is 0.101. The number of aromatic hydroxyl groups is 1. The molecule has 0 amide bonds. The van der Waals surface area contributed by atoms with E-state index in [9.17, 15) is 9.90 Å². The smallest absolute Gasteiger partial charge is 0.231 e. The largest absolute Gasteiger partial charge is 0.507 e. The first kappa shape index (κ1) is 27.2. The van der Waals surface area contributed by atoms with Gasteiger partial charge in [-0.2, -0.15) is 0 Å². The van der Waals surface area contributed by atoms with Crippen molar-refractivity contribution in [2.24, 2.45) is 0 Å². The lowest BCUT2D eigenvalue weighted by atomic mass is 10.0. The summed E-state index contributed by atoms with van der Waals surface area (Å²) in [4.78, 5) is 17.4. The van der Waals surface area contributed by atoms with Gasteiger partial charge in [-0.3, -0.25) is 14.6 Å². The van der Waals surface area contributed by atoms with Crippen LogP contribution in [-0.2, 0) is 6.54 Å². The number of ether oxygens (including phenoxy) is 1. The summed E-state index contributed by atoms with van der Waals surface area (Å²) in [6.45, 7) is 9.07. The number of β-amino-alcohol motifs (C(OH)–C–C–N with tert-alkyl or cyclic N) is 1. The molecule has 0 spiro atoms. The Labute approximate surface area is 207 Å². The third kappa shape index (κ3) is 6.08. The van der Waals surface area contributed by atoms with Crippen LogP contribution >= 0.6 is 24.8 Å². The second-order valence-corrected chi connectivity index (χ2v) is 8.54. The van der Waals surface area contributed by atoms with Crippen LogP contribution in [0.2, 0.25) is 0 Å². The van der Waals surface area contributed by atoms with Crippen LogP contribution in [0.4, 0.5) is 0 Å². The van der Waals surface area contributed by atoms with E-state index >= 15 is 0 Å². The van der Waals surface area contributed by atoms with Crippen molar-refractivity contribution in [2.75, 3.05) is 39.3 Å². The Bertz CT molecular complexity index is 985. The summed E-state index contributed by atoms with van der Waals surface area (Å²) in [5.41, 5.74) is 3.30. The van der Waals surface area contributed by atoms with E-state index in [0.717, 1.165) is 31.7 Å². The molecular weight excluding hydrogens is 463 g/mol. The van der Waals surface area contributed by atoms with Gasteiger partial charge in [-0.1, -0.05) is 38.1 Å². The monoisotopic (exact) mass is 494 g/mol. The molecule has 4 rings (SSSR count). The zero-order valence-electron chi connectivity index (χ0n) is 19.0. The molecule has 2 aliphatic rings. The molecule has 0 saturated carbocycles. The van der Waals surface area contributed by atoms with Gasteiger partial charge in [0.15, 0.2) is 5.76 Å². The Hall–Kier alpha value is -2.09. The maximum absolute atomic E-state index is 12.9. The molecule has 2 aromatic carbocycles. The molecule has 2 aromatic rings. The van der Waals surface area contributed by atoms with Crippen LogP contribution in [0.15, 0.2) is 42.2 Å². The number of phenols is 1. The average Bonchev–Trinajstić information content (AvgIpc) is 3.07. The Morgan fingerprint density at radius 2 is 1.64 bits per heavy atom. The van der Waals surface area contributed by atoms with Gasteiger partial charge < -0.3 is 14.9 Å². The fraction of sp³-hybridized carbons (Fsp3) is 0.400. The maximum Gasteiger partial charge on any atom is 0.231 e. The summed E-state index contributed by atoms with van der Waals surface area (Å²) in [6, 6.07) is 11.3. The van der Waals surface area contributed by atoms with Gasteiger partial charge in [0.05, 0.1) is 17.7 Å². The Morgan fingerprint density at radius 3 is 2.24 bits per heavy atom. The number of phenolic OH excluding ortho intramolecular Hbond substituents is 1. The van der Waals surface area contributed by atoms with Crippen molar-refractivity contribution >= 4 is 36.7 Å². The number of Topliss-reactive ketones (excluding diaryl/α,β-unsaturated/α-hetero) is 1. The highest BCUT2D eigenvalue weighted by molar-refractivity contribution is 6.15. The standard InChI is InChI=1S/C25H30N2O4.2ClH/c1-17(2)19-5-3-18(4-6-19)15-23-24(30)20-7-8-22(29)21(25(20)31-23)16-27-11-9-26(10-12-27)13-14-28;;/h3-8,15,17,28-29H,9-14,16H2,1-2H3;2*1H/b23-15-;;. The fourth-order valence-electron chi connectivity index (χ4n) is 4.11. The lowest BCUT2D eigenvalue weighted by Gasteiger charge is -2.34. The first-order chi connectivity index (χ1) is 15.0. The molecule has 2 aliphatic heterocycles. The number of hydrogen-bond donors (Lipinski definition) is 2. The minimum absolute atomic E-state index is 0. The highest BCUT2D eigenvalue weighted by Gasteiger charge is 2.32. The second-order valence-electron chi connectivity index (χ2n) is 8.54. The summed E-state index contributed by atoms with van der Waals surface area (Å²) >= 11 is 0. The number of aliphatic hydroxyl groups excluding tert-OH is 1. The lowest BCUT2D eigenvalue weighted by Crippen LogP contribution is -2.46. The number of rotatable bonds is 6. The summed E-state index contributed by atoms with van der Waals surface area (Å²) in [5, 5.41) is 19.6. The number of ketones is 1. The number of carbonyl (C=O) groups is 1. The van der Waals surface area contributed by atoms with Crippen LogP contribution in [0, 0.1) is 0 Å². The van der Waals surface area contributed by atoms with Gasteiger partial charge in [0.1, 0.15) is 11.5 Å². The van der Waals surface area contributed by atoms with Crippen molar-refractivity contribution < 1.29 is 19.7 Å². The molecule has 8 heteroatoms. The zero-order valence-corrected chi connectivity index (χ0v) is 20.6. The van der Waals surface area contributed by atoms with Crippen molar-refractivity contribution in [1.82, 2.24) is 9.80 Å². The van der Waals surface area contributed by atoms with Crippen molar-refractivity contribution in [3.8, 4) is 11.5 Å². The van der Waals surface area contributed by atoms with E-state index < -0.39 is 0 Å². The van der Waals surface area contributed by atoms with Gasteiger partial charge in [0.2, 0.25) is 5.78 Å². The maximum atomic E-state index is 12.9. The minimum Gasteiger partial charge on any atom is -0.507 e. The molecular formula is C25H32Cl2N2O4. The van der Waals surface area contributed by atoms with Crippen LogP contribution in [0.25, 0.3) is 6.08 Å². The third-order valence-electron chi connectivity index (χ3n) is 6.08. The number of halogens is 2. The van der Waals surface area contributed by atoms with E-state index in [-0.39, 0.29) is 48.7 Å². The second kappa shape index (κ2) is 11.9. The molecule has 180 valence electrons. The number of nitrogens with zero attached hydrogens (tertiary/aromatic N) is 2. The number of piperazine rings is 1. The Kier molecular flexibility index (Phi) is 9.76. The topological polar surface area (TPSA) is 73.2 Å². The third-order valence-corrected chi connectivity index (χ3v) is 6.08. The van der Waals surface area contributed by atoms with Crippen molar-refractivity contribution in [1.29, 1.82) is 0 Å². The molecule has 2 heterocycles. The SMILES string of the molecule is CC(C)c1ccc(/C=C2\Oc3c(ccc(O)c3CN3CCN(CCO)CC3)C2=O)cc1.Cl.Cl. The summed E-state index contributed by atoms with van der Waals surface area (Å²) in [6.07, 6.45) is 1.76. The Morgan fingerprint density at radius 1 is 1.00 bits per heavy atom. The van der Waals surface area contributed by atoms with E-state index in [1.807, 2.05) is 12.1 Å². The van der Waals surface area contributed by atoms with Gasteiger partial charge >= 0.3 is 0 Å². The van der Waals surface area contributed by atoms with Gasteiger partial charge in [-0.15, -0.1) is 24.8 Å². The van der Waals surface area contributed by atoms with Gasteiger partial charge in [0, 0.05) is 39.3 Å². The first-order valence-corrected chi connectivity index (χ1v) is 10.9. The fourth-order valence-corrected chi connectivity index (χ4v) is 4.11. The van der Waals surface area contributed by atoms with Crippen LogP contribution < -0.4 is 4.74 Å².